The van der Waals surface area contributed by atoms with Crippen molar-refractivity contribution in [2.24, 2.45) is 0 Å². The number of rotatable bonds is 12. The van der Waals surface area contributed by atoms with E-state index < -0.39 is 0 Å². The Morgan fingerprint density at radius 1 is 0.789 bits per heavy atom. The average Bonchev–Trinajstić information content (AvgIpc) is 2.46. The first-order valence-corrected chi connectivity index (χ1v) is 6.45. The molecular formula is C15H22O4. The normalized spacial score (nSPS) is 10.3. The van der Waals surface area contributed by atoms with Gasteiger partial charge in [-0.05, 0) is 12.1 Å². The molecule has 0 N–H and O–H groups in total. The maximum atomic E-state index is 5.48. The second kappa shape index (κ2) is 11.7. The van der Waals surface area contributed by atoms with E-state index in [4.69, 9.17) is 18.9 Å². The maximum absolute atomic E-state index is 5.48. The first-order chi connectivity index (χ1) is 9.43. The van der Waals surface area contributed by atoms with Crippen LogP contribution in [0.15, 0.2) is 43.0 Å². The standard InChI is InChI=1S/C15H22O4/c1-2-8-16-9-10-17-11-12-18-13-14-19-15-6-4-3-5-7-15/h2-7H,1,8-14H2. The fourth-order valence-corrected chi connectivity index (χ4v) is 1.34. The predicted octanol–water partition coefficient (Wildman–Crippen LogP) is 2.30. The minimum atomic E-state index is 0.548. The molecule has 0 aromatic heterocycles. The van der Waals surface area contributed by atoms with Crippen molar-refractivity contribution in [1.82, 2.24) is 0 Å². The molecule has 0 amide bonds. The Kier molecular flexibility index (Phi) is 9.68. The van der Waals surface area contributed by atoms with Crippen LogP contribution in [0.5, 0.6) is 5.75 Å². The number of para-hydroxylation sites is 1. The molecule has 0 unspecified atom stereocenters. The highest BCUT2D eigenvalue weighted by molar-refractivity contribution is 5.20. The minimum absolute atomic E-state index is 0.548. The van der Waals surface area contributed by atoms with Gasteiger partial charge >= 0.3 is 0 Å². The molecule has 1 aromatic carbocycles. The molecule has 0 fully saturated rings. The smallest absolute Gasteiger partial charge is 0.119 e. The number of benzene rings is 1. The Balaban J connectivity index is 1.80. The highest BCUT2D eigenvalue weighted by Crippen LogP contribution is 2.07. The molecule has 4 nitrogen and oxygen atoms in total. The van der Waals surface area contributed by atoms with Gasteiger partial charge in [-0.1, -0.05) is 24.3 Å². The summed E-state index contributed by atoms with van der Waals surface area (Å²) in [6, 6.07) is 9.69. The molecule has 106 valence electrons. The lowest BCUT2D eigenvalue weighted by molar-refractivity contribution is 0.0135. The molecule has 19 heavy (non-hydrogen) atoms. The predicted molar refractivity (Wildman–Crippen MR) is 74.6 cm³/mol. The van der Waals surface area contributed by atoms with Crippen molar-refractivity contribution in [2.75, 3.05) is 46.2 Å². The molecule has 0 heterocycles. The van der Waals surface area contributed by atoms with Crippen LogP contribution in [0.1, 0.15) is 0 Å². The fraction of sp³-hybridized carbons (Fsp3) is 0.467. The lowest BCUT2D eigenvalue weighted by Gasteiger charge is -2.07. The third-order valence-corrected chi connectivity index (χ3v) is 2.22. The molecule has 0 aliphatic rings. The zero-order valence-corrected chi connectivity index (χ0v) is 11.3. The third kappa shape index (κ3) is 9.25. The zero-order valence-electron chi connectivity index (χ0n) is 11.3. The molecule has 0 aliphatic heterocycles. The van der Waals surface area contributed by atoms with Crippen LogP contribution in [0.3, 0.4) is 0 Å². The Bertz CT molecular complexity index is 313. The van der Waals surface area contributed by atoms with Gasteiger partial charge in [0.2, 0.25) is 0 Å². The first-order valence-electron chi connectivity index (χ1n) is 6.45. The Morgan fingerprint density at radius 3 is 2.00 bits per heavy atom. The van der Waals surface area contributed by atoms with Gasteiger partial charge in [-0.2, -0.15) is 0 Å². The van der Waals surface area contributed by atoms with Crippen LogP contribution < -0.4 is 4.74 Å². The molecule has 0 saturated heterocycles. The number of ether oxygens (including phenoxy) is 4. The van der Waals surface area contributed by atoms with Gasteiger partial charge in [-0.3, -0.25) is 0 Å². The molecule has 4 heteroatoms. The van der Waals surface area contributed by atoms with E-state index in [1.807, 2.05) is 30.3 Å². The molecule has 0 spiro atoms. The Morgan fingerprint density at radius 2 is 1.37 bits per heavy atom. The zero-order chi connectivity index (χ0) is 13.6. The van der Waals surface area contributed by atoms with E-state index in [1.165, 1.54) is 0 Å². The lowest BCUT2D eigenvalue weighted by Crippen LogP contribution is -2.12. The molecule has 1 rings (SSSR count). The molecule has 0 aliphatic carbocycles. The van der Waals surface area contributed by atoms with Crippen molar-refractivity contribution in [3.8, 4) is 5.75 Å². The van der Waals surface area contributed by atoms with E-state index >= 15 is 0 Å². The fourth-order valence-electron chi connectivity index (χ4n) is 1.34. The van der Waals surface area contributed by atoms with Crippen molar-refractivity contribution in [2.45, 2.75) is 0 Å². The Hall–Kier alpha value is -1.36. The summed E-state index contributed by atoms with van der Waals surface area (Å²) in [4.78, 5) is 0. The summed E-state index contributed by atoms with van der Waals surface area (Å²) in [6.07, 6.45) is 1.72. The van der Waals surface area contributed by atoms with Crippen LogP contribution >= 0.6 is 0 Å². The summed E-state index contributed by atoms with van der Waals surface area (Å²) in [7, 11) is 0. The van der Waals surface area contributed by atoms with E-state index in [0.717, 1.165) is 5.75 Å². The van der Waals surface area contributed by atoms with Gasteiger partial charge in [0.15, 0.2) is 0 Å². The molecule has 0 radical (unpaired) electrons. The van der Waals surface area contributed by atoms with Crippen molar-refractivity contribution in [3.63, 3.8) is 0 Å². The van der Waals surface area contributed by atoms with E-state index in [-0.39, 0.29) is 0 Å². The van der Waals surface area contributed by atoms with E-state index in [1.54, 1.807) is 6.08 Å². The maximum Gasteiger partial charge on any atom is 0.119 e. The second-order valence-electron chi connectivity index (χ2n) is 3.75. The van der Waals surface area contributed by atoms with Crippen LogP contribution in [0, 0.1) is 0 Å². The summed E-state index contributed by atoms with van der Waals surface area (Å²) in [5, 5.41) is 0. The highest BCUT2D eigenvalue weighted by atomic mass is 16.6. The molecule has 0 bridgehead atoms. The van der Waals surface area contributed by atoms with Gasteiger partial charge in [0.05, 0.1) is 39.6 Å². The first kappa shape index (κ1) is 15.7. The second-order valence-corrected chi connectivity index (χ2v) is 3.75. The summed E-state index contributed by atoms with van der Waals surface area (Å²) in [5.41, 5.74) is 0. The topological polar surface area (TPSA) is 36.9 Å². The highest BCUT2D eigenvalue weighted by Gasteiger charge is 1.93. The number of hydrogen-bond donors (Lipinski definition) is 0. The summed E-state index contributed by atoms with van der Waals surface area (Å²) in [6.45, 7) is 7.54. The van der Waals surface area contributed by atoms with Gasteiger partial charge in [0, 0.05) is 0 Å². The summed E-state index contributed by atoms with van der Waals surface area (Å²) < 4.78 is 21.4. The average molecular weight is 266 g/mol. The largest absolute Gasteiger partial charge is 0.491 e. The quantitative estimate of drug-likeness (QED) is 0.430. The molecule has 0 saturated carbocycles. The SMILES string of the molecule is C=CCOCCOCCOCCOc1ccccc1. The van der Waals surface area contributed by atoms with Crippen molar-refractivity contribution >= 4 is 0 Å². The third-order valence-electron chi connectivity index (χ3n) is 2.22. The monoisotopic (exact) mass is 266 g/mol. The number of hydrogen-bond acceptors (Lipinski definition) is 4. The van der Waals surface area contributed by atoms with Gasteiger partial charge < -0.3 is 18.9 Å². The summed E-state index contributed by atoms with van der Waals surface area (Å²) >= 11 is 0. The van der Waals surface area contributed by atoms with Crippen molar-refractivity contribution in [1.29, 1.82) is 0 Å². The van der Waals surface area contributed by atoms with Crippen LogP contribution in [-0.4, -0.2) is 46.2 Å². The van der Waals surface area contributed by atoms with Crippen molar-refractivity contribution < 1.29 is 18.9 Å². The van der Waals surface area contributed by atoms with E-state index in [9.17, 15) is 0 Å². The van der Waals surface area contributed by atoms with Crippen LogP contribution in [0.2, 0.25) is 0 Å². The lowest BCUT2D eigenvalue weighted by atomic mass is 10.3. The summed E-state index contributed by atoms with van der Waals surface area (Å²) in [5.74, 6) is 0.863. The van der Waals surface area contributed by atoms with Crippen LogP contribution in [0.4, 0.5) is 0 Å². The molecule has 0 atom stereocenters. The van der Waals surface area contributed by atoms with Gasteiger partial charge in [0.25, 0.3) is 0 Å². The molecule has 1 aromatic rings. The Labute approximate surface area is 114 Å². The van der Waals surface area contributed by atoms with Gasteiger partial charge in [-0.15, -0.1) is 6.58 Å². The van der Waals surface area contributed by atoms with Crippen molar-refractivity contribution in [3.05, 3.63) is 43.0 Å². The van der Waals surface area contributed by atoms with Crippen LogP contribution in [0.25, 0.3) is 0 Å². The van der Waals surface area contributed by atoms with E-state index in [0.29, 0.717) is 46.2 Å². The van der Waals surface area contributed by atoms with E-state index in [2.05, 4.69) is 6.58 Å². The van der Waals surface area contributed by atoms with Gasteiger partial charge in [-0.25, -0.2) is 0 Å². The van der Waals surface area contributed by atoms with Crippen LogP contribution in [-0.2, 0) is 14.2 Å². The van der Waals surface area contributed by atoms with Gasteiger partial charge in [0.1, 0.15) is 12.4 Å². The minimum Gasteiger partial charge on any atom is -0.491 e. The molecular weight excluding hydrogens is 244 g/mol.